The standard InChI is InChI=1S/C10H16O/c1-4-6-9(2)7-5-8-10(3)11/h4-5,7,9H,1,6,8H2,2-3H3. The Morgan fingerprint density at radius 2 is 2.27 bits per heavy atom. The van der Waals surface area contributed by atoms with Crippen molar-refractivity contribution in [3.05, 3.63) is 24.8 Å². The molecule has 0 rings (SSSR count). The van der Waals surface area contributed by atoms with Gasteiger partial charge in [0.2, 0.25) is 0 Å². The van der Waals surface area contributed by atoms with Crippen LogP contribution in [0.25, 0.3) is 0 Å². The summed E-state index contributed by atoms with van der Waals surface area (Å²) in [5.74, 6) is 0.721. The molecule has 0 aliphatic rings. The van der Waals surface area contributed by atoms with Crippen LogP contribution in [0.1, 0.15) is 26.7 Å². The van der Waals surface area contributed by atoms with Crippen molar-refractivity contribution >= 4 is 5.78 Å². The van der Waals surface area contributed by atoms with Crippen molar-refractivity contribution in [1.29, 1.82) is 0 Å². The highest BCUT2D eigenvalue weighted by Gasteiger charge is 1.92. The third-order valence-corrected chi connectivity index (χ3v) is 1.41. The number of Topliss-reactive ketones (excluding diaryl/α,β-unsaturated/α-hetero) is 1. The van der Waals surface area contributed by atoms with E-state index in [-0.39, 0.29) is 5.78 Å². The maximum Gasteiger partial charge on any atom is 0.133 e. The van der Waals surface area contributed by atoms with E-state index in [1.165, 1.54) is 0 Å². The zero-order valence-corrected chi connectivity index (χ0v) is 7.34. The van der Waals surface area contributed by atoms with E-state index < -0.39 is 0 Å². The van der Waals surface area contributed by atoms with Gasteiger partial charge in [0.05, 0.1) is 0 Å². The highest BCUT2D eigenvalue weighted by Crippen LogP contribution is 2.04. The van der Waals surface area contributed by atoms with Crippen LogP contribution in [-0.2, 0) is 4.79 Å². The van der Waals surface area contributed by atoms with Gasteiger partial charge in [-0.2, -0.15) is 0 Å². The average molecular weight is 152 g/mol. The van der Waals surface area contributed by atoms with Crippen LogP contribution in [0.4, 0.5) is 0 Å². The minimum Gasteiger partial charge on any atom is -0.300 e. The first-order valence-electron chi connectivity index (χ1n) is 3.93. The fourth-order valence-corrected chi connectivity index (χ4v) is 0.808. The molecule has 0 aromatic rings. The van der Waals surface area contributed by atoms with Crippen molar-refractivity contribution in [3.63, 3.8) is 0 Å². The fourth-order valence-electron chi connectivity index (χ4n) is 0.808. The van der Waals surface area contributed by atoms with Crippen LogP contribution in [0.15, 0.2) is 24.8 Å². The number of ketones is 1. The largest absolute Gasteiger partial charge is 0.300 e. The van der Waals surface area contributed by atoms with Crippen LogP contribution in [0, 0.1) is 5.92 Å². The minimum atomic E-state index is 0.215. The molecular weight excluding hydrogens is 136 g/mol. The van der Waals surface area contributed by atoms with Crippen molar-refractivity contribution in [2.24, 2.45) is 5.92 Å². The molecule has 1 atom stereocenters. The van der Waals surface area contributed by atoms with Gasteiger partial charge in [0, 0.05) is 6.42 Å². The summed E-state index contributed by atoms with van der Waals surface area (Å²) in [5, 5.41) is 0. The number of rotatable bonds is 5. The van der Waals surface area contributed by atoms with Crippen molar-refractivity contribution in [3.8, 4) is 0 Å². The van der Waals surface area contributed by atoms with Gasteiger partial charge in [-0.05, 0) is 19.3 Å². The lowest BCUT2D eigenvalue weighted by Crippen LogP contribution is -1.88. The van der Waals surface area contributed by atoms with Gasteiger partial charge in [-0.25, -0.2) is 0 Å². The Bertz CT molecular complexity index is 156. The van der Waals surface area contributed by atoms with E-state index in [0.717, 1.165) is 6.42 Å². The second kappa shape index (κ2) is 5.90. The molecule has 0 saturated heterocycles. The van der Waals surface area contributed by atoms with Crippen molar-refractivity contribution in [2.45, 2.75) is 26.7 Å². The summed E-state index contributed by atoms with van der Waals surface area (Å²) in [5.41, 5.74) is 0. The molecule has 0 spiro atoms. The molecule has 0 aromatic heterocycles. The highest BCUT2D eigenvalue weighted by atomic mass is 16.1. The molecule has 0 aliphatic carbocycles. The Labute approximate surface area is 68.8 Å². The van der Waals surface area contributed by atoms with Crippen LogP contribution >= 0.6 is 0 Å². The molecule has 0 N–H and O–H groups in total. The summed E-state index contributed by atoms with van der Waals surface area (Å²) in [6.07, 6.45) is 7.41. The Hall–Kier alpha value is -0.850. The van der Waals surface area contributed by atoms with E-state index in [9.17, 15) is 4.79 Å². The maximum atomic E-state index is 10.5. The first kappa shape index (κ1) is 10.2. The SMILES string of the molecule is C=CCC(C)C=CCC(C)=O. The molecule has 1 nitrogen and oxygen atoms in total. The second-order valence-electron chi connectivity index (χ2n) is 2.84. The topological polar surface area (TPSA) is 17.1 Å². The van der Waals surface area contributed by atoms with Crippen LogP contribution in [0.3, 0.4) is 0 Å². The van der Waals surface area contributed by atoms with Gasteiger partial charge >= 0.3 is 0 Å². The van der Waals surface area contributed by atoms with Gasteiger partial charge in [0.1, 0.15) is 5.78 Å². The quantitative estimate of drug-likeness (QED) is 0.553. The third kappa shape index (κ3) is 7.04. The summed E-state index contributed by atoms with van der Waals surface area (Å²) in [6, 6.07) is 0. The van der Waals surface area contributed by atoms with Crippen LogP contribution in [-0.4, -0.2) is 5.78 Å². The Morgan fingerprint density at radius 3 is 2.73 bits per heavy atom. The lowest BCUT2D eigenvalue weighted by Gasteiger charge is -1.98. The Kier molecular flexibility index (Phi) is 5.44. The first-order chi connectivity index (χ1) is 5.16. The molecule has 11 heavy (non-hydrogen) atoms. The fraction of sp³-hybridized carbons (Fsp3) is 0.500. The average Bonchev–Trinajstić information content (AvgIpc) is 1.87. The second-order valence-corrected chi connectivity index (χ2v) is 2.84. The molecule has 0 aliphatic heterocycles. The summed E-state index contributed by atoms with van der Waals surface area (Å²) >= 11 is 0. The van der Waals surface area contributed by atoms with E-state index in [0.29, 0.717) is 12.3 Å². The minimum absolute atomic E-state index is 0.215. The van der Waals surface area contributed by atoms with E-state index >= 15 is 0 Å². The lowest BCUT2D eigenvalue weighted by atomic mass is 10.1. The summed E-state index contributed by atoms with van der Waals surface area (Å²) < 4.78 is 0. The number of hydrogen-bond acceptors (Lipinski definition) is 1. The van der Waals surface area contributed by atoms with E-state index in [4.69, 9.17) is 0 Å². The molecule has 1 unspecified atom stereocenters. The molecule has 0 heterocycles. The summed E-state index contributed by atoms with van der Waals surface area (Å²) in [6.45, 7) is 7.35. The summed E-state index contributed by atoms with van der Waals surface area (Å²) in [7, 11) is 0. The predicted molar refractivity (Wildman–Crippen MR) is 48.4 cm³/mol. The lowest BCUT2D eigenvalue weighted by molar-refractivity contribution is -0.116. The molecule has 0 saturated carbocycles. The van der Waals surface area contributed by atoms with E-state index in [1.807, 2.05) is 12.2 Å². The number of carbonyl (C=O) groups excluding carboxylic acids is 1. The molecule has 62 valence electrons. The van der Waals surface area contributed by atoms with Gasteiger partial charge in [0.25, 0.3) is 0 Å². The molecule has 0 aromatic carbocycles. The number of allylic oxidation sites excluding steroid dienone is 3. The highest BCUT2D eigenvalue weighted by molar-refractivity contribution is 5.76. The third-order valence-electron chi connectivity index (χ3n) is 1.41. The number of hydrogen-bond donors (Lipinski definition) is 0. The maximum absolute atomic E-state index is 10.5. The zero-order valence-electron chi connectivity index (χ0n) is 7.34. The van der Waals surface area contributed by atoms with Crippen molar-refractivity contribution in [1.82, 2.24) is 0 Å². The number of carbonyl (C=O) groups is 1. The predicted octanol–water partition coefficient (Wildman–Crippen LogP) is 2.73. The van der Waals surface area contributed by atoms with Crippen LogP contribution in [0.2, 0.25) is 0 Å². The zero-order chi connectivity index (χ0) is 8.69. The monoisotopic (exact) mass is 152 g/mol. The van der Waals surface area contributed by atoms with E-state index in [1.54, 1.807) is 6.92 Å². The Balaban J connectivity index is 3.55. The van der Waals surface area contributed by atoms with E-state index in [2.05, 4.69) is 19.6 Å². The Morgan fingerprint density at radius 1 is 1.64 bits per heavy atom. The summed E-state index contributed by atoms with van der Waals surface area (Å²) in [4.78, 5) is 10.5. The molecule has 1 heteroatoms. The van der Waals surface area contributed by atoms with Gasteiger partial charge in [0.15, 0.2) is 0 Å². The normalized spacial score (nSPS) is 13.3. The van der Waals surface area contributed by atoms with Crippen molar-refractivity contribution in [2.75, 3.05) is 0 Å². The van der Waals surface area contributed by atoms with Gasteiger partial charge in [-0.3, -0.25) is 4.79 Å². The van der Waals surface area contributed by atoms with Gasteiger partial charge in [-0.1, -0.05) is 25.2 Å². The molecule has 0 amide bonds. The first-order valence-corrected chi connectivity index (χ1v) is 3.93. The molecular formula is C10H16O. The van der Waals surface area contributed by atoms with Gasteiger partial charge < -0.3 is 0 Å². The van der Waals surface area contributed by atoms with Gasteiger partial charge in [-0.15, -0.1) is 6.58 Å². The van der Waals surface area contributed by atoms with Crippen molar-refractivity contribution < 1.29 is 4.79 Å². The van der Waals surface area contributed by atoms with Crippen LogP contribution < -0.4 is 0 Å². The molecule has 0 bridgehead atoms. The molecule has 0 radical (unpaired) electrons. The van der Waals surface area contributed by atoms with Crippen LogP contribution in [0.5, 0.6) is 0 Å². The smallest absolute Gasteiger partial charge is 0.133 e. The molecule has 0 fully saturated rings.